The Kier molecular flexibility index (Phi) is 6.50. The van der Waals surface area contributed by atoms with Gasteiger partial charge in [-0.15, -0.1) is 0 Å². The predicted octanol–water partition coefficient (Wildman–Crippen LogP) is 1.68. The van der Waals surface area contributed by atoms with Crippen LogP contribution in [0.5, 0.6) is 0 Å². The van der Waals surface area contributed by atoms with Crippen molar-refractivity contribution in [2.24, 2.45) is 0 Å². The molecule has 1 fully saturated rings. The van der Waals surface area contributed by atoms with Crippen LogP contribution in [-0.4, -0.2) is 56.6 Å². The SMILES string of the molecule is Cc1ccc(S(=O)(=O)NCCCN2CC(C)OC(C)C2)cc1[N+](=O)[O-]. The molecule has 0 aromatic heterocycles. The zero-order valence-corrected chi connectivity index (χ0v) is 15.6. The molecule has 0 spiro atoms. The molecule has 2 rings (SSSR count). The lowest BCUT2D eigenvalue weighted by molar-refractivity contribution is -0.385. The van der Waals surface area contributed by atoms with Crippen molar-refractivity contribution in [2.75, 3.05) is 26.2 Å². The van der Waals surface area contributed by atoms with Crippen molar-refractivity contribution in [3.63, 3.8) is 0 Å². The molecule has 0 saturated carbocycles. The van der Waals surface area contributed by atoms with Crippen LogP contribution in [0.1, 0.15) is 25.8 Å². The van der Waals surface area contributed by atoms with Crippen LogP contribution in [0.2, 0.25) is 0 Å². The van der Waals surface area contributed by atoms with Gasteiger partial charge in [0.25, 0.3) is 5.69 Å². The number of rotatable bonds is 7. The van der Waals surface area contributed by atoms with E-state index in [0.717, 1.165) is 25.7 Å². The number of ether oxygens (including phenoxy) is 1. The van der Waals surface area contributed by atoms with E-state index >= 15 is 0 Å². The van der Waals surface area contributed by atoms with Gasteiger partial charge >= 0.3 is 0 Å². The zero-order valence-electron chi connectivity index (χ0n) is 14.8. The molecule has 2 atom stereocenters. The number of hydrogen-bond donors (Lipinski definition) is 1. The van der Waals surface area contributed by atoms with Crippen LogP contribution >= 0.6 is 0 Å². The van der Waals surface area contributed by atoms with Crippen LogP contribution in [0.25, 0.3) is 0 Å². The van der Waals surface area contributed by atoms with Crippen molar-refractivity contribution in [1.82, 2.24) is 9.62 Å². The molecule has 0 amide bonds. The Hall–Kier alpha value is -1.55. The third-order valence-electron chi connectivity index (χ3n) is 4.13. The summed E-state index contributed by atoms with van der Waals surface area (Å²) >= 11 is 0. The molecule has 0 radical (unpaired) electrons. The number of sulfonamides is 1. The highest BCUT2D eigenvalue weighted by molar-refractivity contribution is 7.89. The van der Waals surface area contributed by atoms with E-state index in [0.29, 0.717) is 12.0 Å². The van der Waals surface area contributed by atoms with E-state index in [1.165, 1.54) is 12.1 Å². The highest BCUT2D eigenvalue weighted by Crippen LogP contribution is 2.22. The highest BCUT2D eigenvalue weighted by Gasteiger charge is 2.22. The van der Waals surface area contributed by atoms with Crippen LogP contribution in [0.3, 0.4) is 0 Å². The molecule has 140 valence electrons. The maximum absolute atomic E-state index is 12.3. The van der Waals surface area contributed by atoms with Gasteiger partial charge in [-0.1, -0.05) is 6.07 Å². The van der Waals surface area contributed by atoms with E-state index in [4.69, 9.17) is 4.74 Å². The van der Waals surface area contributed by atoms with Crippen LogP contribution in [0.4, 0.5) is 5.69 Å². The Balaban J connectivity index is 1.89. The first kappa shape index (κ1) is 19.8. The largest absolute Gasteiger partial charge is 0.373 e. The fraction of sp³-hybridized carbons (Fsp3) is 0.625. The molecule has 1 saturated heterocycles. The number of nitrogens with one attached hydrogen (secondary N) is 1. The van der Waals surface area contributed by atoms with Crippen molar-refractivity contribution in [3.05, 3.63) is 33.9 Å². The molecule has 0 bridgehead atoms. The van der Waals surface area contributed by atoms with Crippen molar-refractivity contribution in [2.45, 2.75) is 44.3 Å². The standard InChI is InChI=1S/C16H25N3O5S/c1-12-5-6-15(9-16(12)19(20)21)25(22,23)17-7-4-8-18-10-13(2)24-14(3)11-18/h5-6,9,13-14,17H,4,7-8,10-11H2,1-3H3. The highest BCUT2D eigenvalue weighted by atomic mass is 32.2. The van der Waals surface area contributed by atoms with Crippen LogP contribution < -0.4 is 4.72 Å². The topological polar surface area (TPSA) is 102 Å². The second-order valence-electron chi connectivity index (χ2n) is 6.47. The van der Waals surface area contributed by atoms with Gasteiger partial charge in [-0.3, -0.25) is 15.0 Å². The van der Waals surface area contributed by atoms with Gasteiger partial charge in [-0.25, -0.2) is 13.1 Å². The molecular formula is C16H25N3O5S. The second-order valence-corrected chi connectivity index (χ2v) is 8.24. The molecule has 25 heavy (non-hydrogen) atoms. The predicted molar refractivity (Wildman–Crippen MR) is 94.1 cm³/mol. The molecule has 1 N–H and O–H groups in total. The molecule has 1 aliphatic heterocycles. The Morgan fingerprint density at radius 3 is 2.56 bits per heavy atom. The van der Waals surface area contributed by atoms with Gasteiger partial charge in [0, 0.05) is 31.3 Å². The molecule has 1 aromatic carbocycles. The third-order valence-corrected chi connectivity index (χ3v) is 5.58. The summed E-state index contributed by atoms with van der Waals surface area (Å²) in [5.74, 6) is 0. The average molecular weight is 371 g/mol. The average Bonchev–Trinajstić information content (AvgIpc) is 2.50. The third kappa shape index (κ3) is 5.46. The maximum atomic E-state index is 12.3. The van der Waals surface area contributed by atoms with E-state index in [9.17, 15) is 18.5 Å². The number of nitro benzene ring substituents is 1. The number of nitro groups is 1. The first-order chi connectivity index (χ1) is 11.7. The Morgan fingerprint density at radius 2 is 1.96 bits per heavy atom. The molecule has 1 aromatic rings. The molecule has 2 unspecified atom stereocenters. The van der Waals surface area contributed by atoms with Gasteiger partial charge in [0.05, 0.1) is 22.0 Å². The van der Waals surface area contributed by atoms with Gasteiger partial charge in [-0.05, 0) is 39.8 Å². The summed E-state index contributed by atoms with van der Waals surface area (Å²) in [4.78, 5) is 12.6. The molecule has 8 nitrogen and oxygen atoms in total. The molecule has 0 aliphatic carbocycles. The van der Waals surface area contributed by atoms with Crippen molar-refractivity contribution in [1.29, 1.82) is 0 Å². The first-order valence-corrected chi connectivity index (χ1v) is 9.80. The van der Waals surface area contributed by atoms with Crippen LogP contribution in [0, 0.1) is 17.0 Å². The van der Waals surface area contributed by atoms with Crippen LogP contribution in [-0.2, 0) is 14.8 Å². The quantitative estimate of drug-likeness (QED) is 0.444. The van der Waals surface area contributed by atoms with Gasteiger partial charge in [-0.2, -0.15) is 0 Å². The minimum absolute atomic E-state index is 0.0848. The van der Waals surface area contributed by atoms with Crippen LogP contribution in [0.15, 0.2) is 23.1 Å². The van der Waals surface area contributed by atoms with E-state index in [1.54, 1.807) is 6.92 Å². The Labute approximate surface area is 148 Å². The second kappa shape index (κ2) is 8.22. The monoisotopic (exact) mass is 371 g/mol. The Bertz CT molecular complexity index is 712. The summed E-state index contributed by atoms with van der Waals surface area (Å²) in [7, 11) is -3.76. The normalized spacial score (nSPS) is 22.0. The first-order valence-electron chi connectivity index (χ1n) is 8.31. The van der Waals surface area contributed by atoms with Crippen molar-refractivity contribution in [3.8, 4) is 0 Å². The Morgan fingerprint density at radius 1 is 1.32 bits per heavy atom. The lowest BCUT2D eigenvalue weighted by Gasteiger charge is -2.35. The van der Waals surface area contributed by atoms with Crippen molar-refractivity contribution >= 4 is 15.7 Å². The summed E-state index contributed by atoms with van der Waals surface area (Å²) in [6, 6.07) is 3.93. The van der Waals surface area contributed by atoms with Gasteiger partial charge < -0.3 is 4.74 Å². The van der Waals surface area contributed by atoms with Crippen molar-refractivity contribution < 1.29 is 18.1 Å². The van der Waals surface area contributed by atoms with E-state index in [1.807, 2.05) is 13.8 Å². The number of aryl methyl sites for hydroxylation is 1. The fourth-order valence-electron chi connectivity index (χ4n) is 3.01. The number of benzene rings is 1. The zero-order chi connectivity index (χ0) is 18.6. The summed E-state index contributed by atoms with van der Waals surface area (Å²) in [5, 5.41) is 11.0. The number of nitrogens with zero attached hydrogens (tertiary/aromatic N) is 2. The number of hydrogen-bond acceptors (Lipinski definition) is 6. The lowest BCUT2D eigenvalue weighted by Crippen LogP contribution is -2.46. The summed E-state index contributed by atoms with van der Waals surface area (Å²) in [5.41, 5.74) is 0.235. The van der Waals surface area contributed by atoms with Gasteiger partial charge in [0.15, 0.2) is 0 Å². The molecule has 1 heterocycles. The smallest absolute Gasteiger partial charge is 0.273 e. The summed E-state index contributed by atoms with van der Waals surface area (Å²) < 4.78 is 32.8. The molecule has 9 heteroatoms. The maximum Gasteiger partial charge on any atom is 0.273 e. The van der Waals surface area contributed by atoms with E-state index in [2.05, 4.69) is 9.62 Å². The van der Waals surface area contributed by atoms with E-state index in [-0.39, 0.29) is 29.3 Å². The molecule has 1 aliphatic rings. The fourth-order valence-corrected chi connectivity index (χ4v) is 4.11. The minimum Gasteiger partial charge on any atom is -0.373 e. The van der Waals surface area contributed by atoms with E-state index < -0.39 is 14.9 Å². The summed E-state index contributed by atoms with van der Waals surface area (Å²) in [6.45, 7) is 8.35. The molecular weight excluding hydrogens is 346 g/mol. The lowest BCUT2D eigenvalue weighted by atomic mass is 10.2. The van der Waals surface area contributed by atoms with Gasteiger partial charge in [0.2, 0.25) is 10.0 Å². The van der Waals surface area contributed by atoms with Gasteiger partial charge in [0.1, 0.15) is 0 Å². The number of morpholine rings is 1. The minimum atomic E-state index is -3.76. The summed E-state index contributed by atoms with van der Waals surface area (Å²) in [6.07, 6.45) is 1.01.